The fourth-order valence-corrected chi connectivity index (χ4v) is 5.04. The summed E-state index contributed by atoms with van der Waals surface area (Å²) in [5, 5.41) is 13.8. The lowest BCUT2D eigenvalue weighted by molar-refractivity contribution is -0.118. The van der Waals surface area contributed by atoms with Crippen molar-refractivity contribution in [1.82, 2.24) is 20.2 Å². The molecule has 0 bridgehead atoms. The molecule has 1 aliphatic carbocycles. The van der Waals surface area contributed by atoms with E-state index < -0.39 is 0 Å². The normalized spacial score (nSPS) is 14.7. The van der Waals surface area contributed by atoms with Crippen LogP contribution >= 0.6 is 27.7 Å². The third-order valence-electron chi connectivity index (χ3n) is 5.54. The van der Waals surface area contributed by atoms with Crippen molar-refractivity contribution in [2.45, 2.75) is 50.2 Å². The van der Waals surface area contributed by atoms with Gasteiger partial charge in [0.2, 0.25) is 0 Å². The summed E-state index contributed by atoms with van der Waals surface area (Å²) < 4.78 is 3.17. The highest BCUT2D eigenvalue weighted by Gasteiger charge is 2.24. The van der Waals surface area contributed by atoms with Gasteiger partial charge in [-0.15, -0.1) is 10.2 Å². The number of nitrogens with zero attached hydrogens (tertiary/aromatic N) is 4. The largest absolute Gasteiger partial charge is 0.299 e. The molecule has 1 saturated carbocycles. The Labute approximate surface area is 201 Å². The lowest BCUT2D eigenvalue weighted by Gasteiger charge is -2.25. The number of aryl methyl sites for hydroxylation is 1. The molecule has 166 valence electrons. The van der Waals surface area contributed by atoms with E-state index in [1.54, 1.807) is 6.21 Å². The predicted molar refractivity (Wildman–Crippen MR) is 133 cm³/mol. The molecule has 32 heavy (non-hydrogen) atoms. The molecule has 1 aromatic heterocycles. The van der Waals surface area contributed by atoms with Crippen molar-refractivity contribution >= 4 is 39.8 Å². The number of amides is 1. The van der Waals surface area contributed by atoms with Gasteiger partial charge in [0.05, 0.1) is 12.0 Å². The molecule has 8 heteroatoms. The second-order valence-electron chi connectivity index (χ2n) is 7.94. The van der Waals surface area contributed by atoms with Crippen molar-refractivity contribution in [3.05, 3.63) is 64.1 Å². The summed E-state index contributed by atoms with van der Waals surface area (Å²) in [6.45, 7) is 2.08. The number of hydrogen-bond acceptors (Lipinski definition) is 5. The Kier molecular flexibility index (Phi) is 7.76. The number of carbonyl (C=O) groups is 1. The van der Waals surface area contributed by atoms with Gasteiger partial charge in [0.1, 0.15) is 0 Å². The second kappa shape index (κ2) is 10.9. The van der Waals surface area contributed by atoms with Gasteiger partial charge >= 0.3 is 0 Å². The number of halogens is 1. The van der Waals surface area contributed by atoms with Crippen molar-refractivity contribution in [2.75, 3.05) is 5.75 Å². The average molecular weight is 512 g/mol. The van der Waals surface area contributed by atoms with E-state index in [0.29, 0.717) is 6.04 Å². The van der Waals surface area contributed by atoms with Gasteiger partial charge in [0.25, 0.3) is 5.91 Å². The third kappa shape index (κ3) is 5.66. The Balaban J connectivity index is 1.46. The Morgan fingerprint density at radius 1 is 1.16 bits per heavy atom. The summed E-state index contributed by atoms with van der Waals surface area (Å²) >= 11 is 4.88. The number of hydrazone groups is 1. The summed E-state index contributed by atoms with van der Waals surface area (Å²) in [4.78, 5) is 12.4. The molecular formula is C24H26BrN5OS. The molecule has 0 saturated heterocycles. The number of rotatable bonds is 7. The van der Waals surface area contributed by atoms with Gasteiger partial charge in [0, 0.05) is 21.6 Å². The lowest BCUT2D eigenvalue weighted by Crippen LogP contribution is -2.20. The maximum atomic E-state index is 12.4. The lowest BCUT2D eigenvalue weighted by atomic mass is 9.95. The van der Waals surface area contributed by atoms with Gasteiger partial charge in [-0.05, 0) is 25.8 Å². The molecule has 3 aromatic rings. The van der Waals surface area contributed by atoms with E-state index in [4.69, 9.17) is 0 Å². The summed E-state index contributed by atoms with van der Waals surface area (Å²) in [6, 6.07) is 16.5. The fourth-order valence-electron chi connectivity index (χ4n) is 3.86. The van der Waals surface area contributed by atoms with E-state index in [0.717, 1.165) is 39.4 Å². The van der Waals surface area contributed by atoms with Crippen LogP contribution in [0.15, 0.2) is 63.3 Å². The van der Waals surface area contributed by atoms with Crippen LogP contribution in [-0.4, -0.2) is 32.6 Å². The SMILES string of the molecule is Cc1ccc(-c2nnc(SCC(=O)NN=Cc3ccccc3Br)n2C2CCCCC2)cc1. The van der Waals surface area contributed by atoms with Crippen molar-refractivity contribution in [3.8, 4) is 11.4 Å². The van der Waals surface area contributed by atoms with E-state index in [9.17, 15) is 4.79 Å². The van der Waals surface area contributed by atoms with Crippen LogP contribution in [0.4, 0.5) is 0 Å². The molecule has 1 heterocycles. The van der Waals surface area contributed by atoms with E-state index in [1.807, 2.05) is 24.3 Å². The van der Waals surface area contributed by atoms with Crippen molar-refractivity contribution in [1.29, 1.82) is 0 Å². The number of hydrogen-bond donors (Lipinski definition) is 1. The zero-order valence-electron chi connectivity index (χ0n) is 18.0. The van der Waals surface area contributed by atoms with Crippen LogP contribution in [0.2, 0.25) is 0 Å². The summed E-state index contributed by atoms with van der Waals surface area (Å²) in [5.74, 6) is 0.937. The van der Waals surface area contributed by atoms with Crippen LogP contribution in [0.25, 0.3) is 11.4 Å². The number of carbonyl (C=O) groups excluding carboxylic acids is 1. The maximum Gasteiger partial charge on any atom is 0.250 e. The molecule has 2 aromatic carbocycles. The van der Waals surface area contributed by atoms with Crippen molar-refractivity contribution < 1.29 is 4.79 Å². The summed E-state index contributed by atoms with van der Waals surface area (Å²) in [7, 11) is 0. The molecule has 4 rings (SSSR count). The summed E-state index contributed by atoms with van der Waals surface area (Å²) in [5.41, 5.74) is 5.78. The quantitative estimate of drug-likeness (QED) is 0.248. The molecular weight excluding hydrogens is 486 g/mol. The average Bonchev–Trinajstić information content (AvgIpc) is 3.24. The van der Waals surface area contributed by atoms with Crippen LogP contribution in [0, 0.1) is 6.92 Å². The van der Waals surface area contributed by atoms with Gasteiger partial charge in [0.15, 0.2) is 11.0 Å². The van der Waals surface area contributed by atoms with Crippen molar-refractivity contribution in [2.24, 2.45) is 5.10 Å². The number of nitrogens with one attached hydrogen (secondary N) is 1. The number of thioether (sulfide) groups is 1. The van der Waals surface area contributed by atoms with Gasteiger partial charge in [-0.2, -0.15) is 5.10 Å². The van der Waals surface area contributed by atoms with E-state index in [-0.39, 0.29) is 11.7 Å². The zero-order chi connectivity index (χ0) is 22.3. The van der Waals surface area contributed by atoms with Crippen LogP contribution in [0.1, 0.15) is 49.3 Å². The van der Waals surface area contributed by atoms with Crippen LogP contribution in [0.5, 0.6) is 0 Å². The second-order valence-corrected chi connectivity index (χ2v) is 9.73. The van der Waals surface area contributed by atoms with Gasteiger partial charge < -0.3 is 0 Å². The topological polar surface area (TPSA) is 72.2 Å². The highest BCUT2D eigenvalue weighted by molar-refractivity contribution is 9.10. The Hall–Kier alpha value is -2.45. The first-order valence-electron chi connectivity index (χ1n) is 10.8. The first-order chi connectivity index (χ1) is 15.6. The van der Waals surface area contributed by atoms with Gasteiger partial charge in [-0.3, -0.25) is 9.36 Å². The number of benzene rings is 2. The number of aromatic nitrogens is 3. The third-order valence-corrected chi connectivity index (χ3v) is 7.21. The van der Waals surface area contributed by atoms with Crippen molar-refractivity contribution in [3.63, 3.8) is 0 Å². The van der Waals surface area contributed by atoms with E-state index >= 15 is 0 Å². The molecule has 0 atom stereocenters. The standard InChI is InChI=1S/C24H26BrN5OS/c1-17-11-13-18(14-12-17)23-28-29-24(30(23)20-8-3-2-4-9-20)32-16-22(31)27-26-15-19-7-5-6-10-21(19)25/h5-7,10-15,20H,2-4,8-9,16H2,1H3,(H,27,31). The monoisotopic (exact) mass is 511 g/mol. The van der Waals surface area contributed by atoms with Crippen LogP contribution in [-0.2, 0) is 4.79 Å². The van der Waals surface area contributed by atoms with Gasteiger partial charge in [-0.1, -0.05) is 95.0 Å². The Morgan fingerprint density at radius 2 is 1.91 bits per heavy atom. The van der Waals surface area contributed by atoms with E-state index in [1.165, 1.54) is 36.6 Å². The summed E-state index contributed by atoms with van der Waals surface area (Å²) in [6.07, 6.45) is 7.57. The minimum atomic E-state index is -0.173. The fraction of sp³-hybridized carbons (Fsp3) is 0.333. The molecule has 0 aliphatic heterocycles. The zero-order valence-corrected chi connectivity index (χ0v) is 20.4. The van der Waals surface area contributed by atoms with E-state index in [2.05, 4.69) is 72.4 Å². The predicted octanol–water partition coefficient (Wildman–Crippen LogP) is 5.76. The molecule has 0 unspecified atom stereocenters. The molecule has 1 fully saturated rings. The molecule has 6 nitrogen and oxygen atoms in total. The smallest absolute Gasteiger partial charge is 0.250 e. The molecule has 0 spiro atoms. The first kappa shape index (κ1) is 22.7. The minimum absolute atomic E-state index is 0.173. The maximum absolute atomic E-state index is 12.4. The Morgan fingerprint density at radius 3 is 2.66 bits per heavy atom. The molecule has 1 amide bonds. The minimum Gasteiger partial charge on any atom is -0.299 e. The molecule has 1 aliphatic rings. The first-order valence-corrected chi connectivity index (χ1v) is 12.6. The molecule has 1 N–H and O–H groups in total. The molecule has 0 radical (unpaired) electrons. The Bertz CT molecular complexity index is 1090. The van der Waals surface area contributed by atoms with Gasteiger partial charge in [-0.25, -0.2) is 5.43 Å². The van der Waals surface area contributed by atoms with Crippen LogP contribution < -0.4 is 5.43 Å². The van der Waals surface area contributed by atoms with Crippen LogP contribution in [0.3, 0.4) is 0 Å². The highest BCUT2D eigenvalue weighted by atomic mass is 79.9. The highest BCUT2D eigenvalue weighted by Crippen LogP contribution is 2.35.